The highest BCUT2D eigenvalue weighted by Crippen LogP contribution is 2.32. The minimum absolute atomic E-state index is 0.0124. The van der Waals surface area contributed by atoms with Gasteiger partial charge in [0.15, 0.2) is 11.7 Å². The lowest BCUT2D eigenvalue weighted by molar-refractivity contribution is -0.140. The third kappa shape index (κ3) is 3.91. The van der Waals surface area contributed by atoms with Gasteiger partial charge in [0.2, 0.25) is 5.91 Å². The number of benzene rings is 1. The van der Waals surface area contributed by atoms with Crippen molar-refractivity contribution in [2.75, 3.05) is 6.54 Å². The van der Waals surface area contributed by atoms with Crippen LogP contribution in [0, 0.1) is 23.1 Å². The molecule has 0 aromatic heterocycles. The van der Waals surface area contributed by atoms with Gasteiger partial charge in [0, 0.05) is 12.1 Å². The molecule has 4 nitrogen and oxygen atoms in total. The van der Waals surface area contributed by atoms with Crippen molar-refractivity contribution in [2.45, 2.75) is 6.18 Å². The number of carbonyl (C=O) groups is 2. The zero-order chi connectivity index (χ0) is 16.9. The summed E-state index contributed by atoms with van der Waals surface area (Å²) in [5, 5.41) is 11.1. The van der Waals surface area contributed by atoms with Gasteiger partial charge < -0.3 is 5.32 Å². The number of rotatable bonds is 5. The summed E-state index contributed by atoms with van der Waals surface area (Å²) in [5.74, 6) is -5.49. The fourth-order valence-corrected chi connectivity index (χ4v) is 1.57. The van der Waals surface area contributed by atoms with Crippen molar-refractivity contribution in [3.05, 3.63) is 47.8 Å². The second-order valence-corrected chi connectivity index (χ2v) is 4.15. The minimum atomic E-state index is -4.99. The van der Waals surface area contributed by atoms with Crippen molar-refractivity contribution in [1.82, 2.24) is 5.32 Å². The molecule has 0 aliphatic rings. The van der Waals surface area contributed by atoms with Crippen LogP contribution in [0.25, 0.3) is 0 Å². The molecule has 0 radical (unpaired) electrons. The van der Waals surface area contributed by atoms with Gasteiger partial charge in [-0.25, -0.2) is 4.39 Å². The molecular formula is C14H10F4N2O2. The van der Waals surface area contributed by atoms with E-state index in [1.165, 1.54) is 12.1 Å². The summed E-state index contributed by atoms with van der Waals surface area (Å²) < 4.78 is 50.9. The number of nitrogens with zero attached hydrogens (tertiary/aromatic N) is 1. The third-order valence-corrected chi connectivity index (χ3v) is 2.63. The molecule has 116 valence electrons. The number of ketones is 1. The van der Waals surface area contributed by atoms with Crippen LogP contribution in [0.5, 0.6) is 0 Å². The van der Waals surface area contributed by atoms with Crippen LogP contribution in [-0.2, 0) is 11.0 Å². The van der Waals surface area contributed by atoms with E-state index in [1.54, 1.807) is 0 Å². The fraction of sp³-hybridized carbons (Fsp3) is 0.214. The van der Waals surface area contributed by atoms with Crippen LogP contribution in [0.4, 0.5) is 17.6 Å². The van der Waals surface area contributed by atoms with Gasteiger partial charge in [-0.15, -0.1) is 6.58 Å². The number of hydrogen-bond donors (Lipinski definition) is 1. The summed E-state index contributed by atoms with van der Waals surface area (Å²) in [4.78, 5) is 23.6. The van der Waals surface area contributed by atoms with Crippen LogP contribution in [0.2, 0.25) is 0 Å². The number of nitrogens with one attached hydrogen (secondary N) is 1. The molecule has 1 unspecified atom stereocenters. The number of nitriles is 1. The van der Waals surface area contributed by atoms with Crippen LogP contribution < -0.4 is 5.32 Å². The molecule has 0 heterocycles. The maximum absolute atomic E-state index is 13.2. The zero-order valence-corrected chi connectivity index (χ0v) is 11.1. The smallest absolute Gasteiger partial charge is 0.351 e. The van der Waals surface area contributed by atoms with Crippen LogP contribution in [0.1, 0.15) is 15.9 Å². The molecule has 0 saturated heterocycles. The number of hydrogen-bond acceptors (Lipinski definition) is 3. The molecule has 0 fully saturated rings. The van der Waals surface area contributed by atoms with E-state index < -0.39 is 40.7 Å². The van der Waals surface area contributed by atoms with Gasteiger partial charge in [-0.1, -0.05) is 6.08 Å². The van der Waals surface area contributed by atoms with Gasteiger partial charge in [0.1, 0.15) is 5.82 Å². The molecule has 1 amide bonds. The monoisotopic (exact) mass is 314 g/mol. The first-order valence-electron chi connectivity index (χ1n) is 5.91. The van der Waals surface area contributed by atoms with E-state index in [2.05, 4.69) is 11.9 Å². The van der Waals surface area contributed by atoms with Crippen LogP contribution in [0.15, 0.2) is 30.9 Å². The molecule has 1 atom stereocenters. The van der Waals surface area contributed by atoms with Crippen molar-refractivity contribution < 1.29 is 27.2 Å². The van der Waals surface area contributed by atoms with E-state index in [0.29, 0.717) is 6.07 Å². The molecule has 0 bridgehead atoms. The fourth-order valence-electron chi connectivity index (χ4n) is 1.57. The highest BCUT2D eigenvalue weighted by atomic mass is 19.4. The van der Waals surface area contributed by atoms with Crippen molar-refractivity contribution in [2.24, 2.45) is 5.92 Å². The summed E-state index contributed by atoms with van der Waals surface area (Å²) >= 11 is 0. The first-order valence-corrected chi connectivity index (χ1v) is 5.91. The third-order valence-electron chi connectivity index (χ3n) is 2.63. The summed E-state index contributed by atoms with van der Waals surface area (Å²) in [6, 6.07) is 2.95. The average Bonchev–Trinajstić information content (AvgIpc) is 2.44. The second kappa shape index (κ2) is 6.85. The Labute approximate surface area is 123 Å². The summed E-state index contributed by atoms with van der Waals surface area (Å²) in [7, 11) is 0. The van der Waals surface area contributed by atoms with E-state index >= 15 is 0 Å². The van der Waals surface area contributed by atoms with Gasteiger partial charge in [0.05, 0.1) is 11.6 Å². The first kappa shape index (κ1) is 17.4. The predicted molar refractivity (Wildman–Crippen MR) is 68.0 cm³/mol. The van der Waals surface area contributed by atoms with Crippen molar-refractivity contribution in [3.63, 3.8) is 0 Å². The SMILES string of the molecule is C=CCNC(=O)C(C#N)C(=O)c1ccc(F)c(C(F)(F)F)c1. The molecule has 8 heteroatoms. The topological polar surface area (TPSA) is 70.0 Å². The van der Waals surface area contributed by atoms with Gasteiger partial charge in [0.25, 0.3) is 0 Å². The highest BCUT2D eigenvalue weighted by Gasteiger charge is 2.36. The molecule has 1 rings (SSSR count). The van der Waals surface area contributed by atoms with E-state index in [0.717, 1.165) is 6.07 Å². The second-order valence-electron chi connectivity index (χ2n) is 4.15. The lowest BCUT2D eigenvalue weighted by Gasteiger charge is -2.11. The highest BCUT2D eigenvalue weighted by molar-refractivity contribution is 6.12. The van der Waals surface area contributed by atoms with Crippen molar-refractivity contribution >= 4 is 11.7 Å². The Morgan fingerprint density at radius 3 is 2.55 bits per heavy atom. The Kier molecular flexibility index (Phi) is 5.40. The molecule has 0 saturated carbocycles. The number of halogens is 4. The maximum atomic E-state index is 13.2. The zero-order valence-electron chi connectivity index (χ0n) is 11.1. The number of Topliss-reactive ketones (excluding diaryl/α,β-unsaturated/α-hetero) is 1. The molecule has 22 heavy (non-hydrogen) atoms. The molecule has 1 N–H and O–H groups in total. The number of alkyl halides is 3. The Hall–Kier alpha value is -2.69. The predicted octanol–water partition coefficient (Wildman–Crippen LogP) is 2.47. The van der Waals surface area contributed by atoms with Crippen molar-refractivity contribution in [3.8, 4) is 6.07 Å². The van der Waals surface area contributed by atoms with Gasteiger partial charge in [-0.3, -0.25) is 9.59 Å². The molecule has 1 aromatic rings. The minimum Gasteiger partial charge on any atom is -0.351 e. The summed E-state index contributed by atoms with van der Waals surface area (Å²) in [5.41, 5.74) is -2.21. The molecule has 0 aliphatic carbocycles. The lowest BCUT2D eigenvalue weighted by atomic mass is 9.96. The lowest BCUT2D eigenvalue weighted by Crippen LogP contribution is -2.34. The van der Waals surface area contributed by atoms with Gasteiger partial charge >= 0.3 is 6.18 Å². The maximum Gasteiger partial charge on any atom is 0.419 e. The van der Waals surface area contributed by atoms with E-state index in [-0.39, 0.29) is 12.6 Å². The summed E-state index contributed by atoms with van der Waals surface area (Å²) in [6.07, 6.45) is -3.69. The molecule has 0 spiro atoms. The van der Waals surface area contributed by atoms with E-state index in [4.69, 9.17) is 5.26 Å². The largest absolute Gasteiger partial charge is 0.419 e. The Morgan fingerprint density at radius 1 is 1.41 bits per heavy atom. The first-order chi connectivity index (χ1) is 10.2. The summed E-state index contributed by atoms with van der Waals surface area (Å²) in [6.45, 7) is 3.31. The van der Waals surface area contributed by atoms with Gasteiger partial charge in [-0.05, 0) is 18.2 Å². The molecular weight excluding hydrogens is 304 g/mol. The Balaban J connectivity index is 3.14. The van der Waals surface area contributed by atoms with Crippen LogP contribution in [0.3, 0.4) is 0 Å². The molecule has 0 aliphatic heterocycles. The molecule has 1 aromatic carbocycles. The van der Waals surface area contributed by atoms with Crippen LogP contribution >= 0.6 is 0 Å². The normalized spacial score (nSPS) is 12.1. The standard InChI is InChI=1S/C14H10F4N2O2/c1-2-5-20-13(22)9(7-19)12(21)8-3-4-11(15)10(6-8)14(16,17)18/h2-4,6,9H,1,5H2,(H,20,22). The van der Waals surface area contributed by atoms with E-state index in [9.17, 15) is 27.2 Å². The number of carbonyl (C=O) groups excluding carboxylic acids is 2. The Bertz CT molecular complexity index is 647. The van der Waals surface area contributed by atoms with Crippen LogP contribution in [-0.4, -0.2) is 18.2 Å². The van der Waals surface area contributed by atoms with E-state index in [1.807, 2.05) is 0 Å². The Morgan fingerprint density at radius 2 is 2.05 bits per heavy atom. The average molecular weight is 314 g/mol. The number of amides is 1. The van der Waals surface area contributed by atoms with Gasteiger partial charge in [-0.2, -0.15) is 18.4 Å². The van der Waals surface area contributed by atoms with Crippen molar-refractivity contribution in [1.29, 1.82) is 5.26 Å². The quantitative estimate of drug-likeness (QED) is 0.393.